The van der Waals surface area contributed by atoms with Crippen LogP contribution >= 0.6 is 11.6 Å². The fourth-order valence-electron chi connectivity index (χ4n) is 3.34. The van der Waals surface area contributed by atoms with Gasteiger partial charge in [-0.05, 0) is 31.0 Å². The van der Waals surface area contributed by atoms with Crippen molar-refractivity contribution in [1.29, 1.82) is 0 Å². The Morgan fingerprint density at radius 3 is 2.57 bits per heavy atom. The topological polar surface area (TPSA) is 67.9 Å². The average molecular weight is 403 g/mol. The molecule has 1 N–H and O–H groups in total. The van der Waals surface area contributed by atoms with Gasteiger partial charge >= 0.3 is 0 Å². The molecular formula is C21H23ClN2O4. The van der Waals surface area contributed by atoms with E-state index in [-0.39, 0.29) is 18.2 Å². The lowest BCUT2D eigenvalue weighted by Crippen LogP contribution is -2.28. The quantitative estimate of drug-likeness (QED) is 0.821. The second-order valence-corrected chi connectivity index (χ2v) is 7.21. The van der Waals surface area contributed by atoms with Crippen molar-refractivity contribution in [2.24, 2.45) is 5.92 Å². The van der Waals surface area contributed by atoms with Gasteiger partial charge in [0.15, 0.2) is 0 Å². The highest BCUT2D eigenvalue weighted by Crippen LogP contribution is 2.37. The van der Waals surface area contributed by atoms with Gasteiger partial charge in [0.1, 0.15) is 11.5 Å². The van der Waals surface area contributed by atoms with Crippen LogP contribution in [-0.4, -0.2) is 32.6 Å². The van der Waals surface area contributed by atoms with Crippen molar-refractivity contribution in [3.63, 3.8) is 0 Å². The molecule has 0 saturated carbocycles. The molecule has 1 aliphatic rings. The zero-order valence-corrected chi connectivity index (χ0v) is 17.1. The first-order chi connectivity index (χ1) is 13.3. The molecule has 0 aromatic heterocycles. The van der Waals surface area contributed by atoms with Crippen molar-refractivity contribution >= 4 is 34.8 Å². The van der Waals surface area contributed by atoms with Gasteiger partial charge in [-0.2, -0.15) is 0 Å². The number of ether oxygens (including phenoxy) is 2. The molecule has 2 aromatic rings. The number of anilines is 2. The Morgan fingerprint density at radius 1 is 1.18 bits per heavy atom. The standard InChI is InChI=1S/C21H23ClN2O4/c1-12-6-5-7-17(13(12)2)24-11-14(8-20(24)25)21(26)23-16-10-18(27-3)15(22)9-19(16)28-4/h5-7,9-10,14H,8,11H2,1-4H3,(H,23,26)/t14-/m0/s1. The average Bonchev–Trinajstić information content (AvgIpc) is 3.06. The SMILES string of the molecule is COc1cc(NC(=O)[C@H]2CC(=O)N(c3cccc(C)c3C)C2)c(OC)cc1Cl. The van der Waals surface area contributed by atoms with E-state index in [1.165, 1.54) is 14.2 Å². The summed E-state index contributed by atoms with van der Waals surface area (Å²) in [5, 5.41) is 3.23. The molecule has 1 atom stereocenters. The molecule has 1 aliphatic heterocycles. The molecule has 7 heteroatoms. The maximum absolute atomic E-state index is 12.8. The van der Waals surface area contributed by atoms with Crippen molar-refractivity contribution in [1.82, 2.24) is 0 Å². The Hall–Kier alpha value is -2.73. The molecule has 0 unspecified atom stereocenters. The highest BCUT2D eigenvalue weighted by molar-refractivity contribution is 6.32. The number of methoxy groups -OCH3 is 2. The summed E-state index contributed by atoms with van der Waals surface area (Å²) >= 11 is 6.11. The fourth-order valence-corrected chi connectivity index (χ4v) is 3.57. The Morgan fingerprint density at radius 2 is 1.89 bits per heavy atom. The third-order valence-corrected chi connectivity index (χ3v) is 5.39. The Balaban J connectivity index is 1.80. The van der Waals surface area contributed by atoms with Crippen LogP contribution in [0.15, 0.2) is 30.3 Å². The maximum atomic E-state index is 12.8. The van der Waals surface area contributed by atoms with Crippen molar-refractivity contribution < 1.29 is 19.1 Å². The van der Waals surface area contributed by atoms with Gasteiger partial charge in [-0.15, -0.1) is 0 Å². The lowest BCUT2D eigenvalue weighted by atomic mass is 10.1. The van der Waals surface area contributed by atoms with Gasteiger partial charge in [0.2, 0.25) is 11.8 Å². The predicted molar refractivity (Wildman–Crippen MR) is 110 cm³/mol. The lowest BCUT2D eigenvalue weighted by Gasteiger charge is -2.20. The number of amides is 2. The third-order valence-electron chi connectivity index (χ3n) is 5.09. The number of carbonyl (C=O) groups excluding carboxylic acids is 2. The van der Waals surface area contributed by atoms with Gasteiger partial charge in [-0.1, -0.05) is 23.7 Å². The van der Waals surface area contributed by atoms with E-state index in [0.717, 1.165) is 16.8 Å². The van der Waals surface area contributed by atoms with Gasteiger partial charge < -0.3 is 19.7 Å². The van der Waals surface area contributed by atoms with Gasteiger partial charge in [0.05, 0.1) is 30.8 Å². The first-order valence-corrected chi connectivity index (χ1v) is 9.32. The number of halogens is 1. The summed E-state index contributed by atoms with van der Waals surface area (Å²) in [6.45, 7) is 4.32. The lowest BCUT2D eigenvalue weighted by molar-refractivity contribution is -0.122. The molecule has 28 heavy (non-hydrogen) atoms. The molecule has 1 heterocycles. The number of carbonyl (C=O) groups is 2. The van der Waals surface area contributed by atoms with E-state index in [9.17, 15) is 9.59 Å². The summed E-state index contributed by atoms with van der Waals surface area (Å²) in [4.78, 5) is 27.1. The Bertz CT molecular complexity index is 929. The maximum Gasteiger partial charge on any atom is 0.229 e. The third kappa shape index (κ3) is 3.78. The van der Waals surface area contributed by atoms with E-state index in [2.05, 4.69) is 5.32 Å². The zero-order chi connectivity index (χ0) is 20.4. The van der Waals surface area contributed by atoms with Gasteiger partial charge in [0.25, 0.3) is 0 Å². The van der Waals surface area contributed by atoms with Crippen molar-refractivity contribution in [2.45, 2.75) is 20.3 Å². The Labute approximate surface area is 169 Å². The number of hydrogen-bond acceptors (Lipinski definition) is 4. The van der Waals surface area contributed by atoms with Crippen LogP contribution < -0.4 is 19.7 Å². The summed E-state index contributed by atoms with van der Waals surface area (Å²) in [6.07, 6.45) is 0.159. The largest absolute Gasteiger partial charge is 0.495 e. The van der Waals surface area contributed by atoms with E-state index in [0.29, 0.717) is 28.8 Å². The van der Waals surface area contributed by atoms with Crippen LogP contribution in [0.2, 0.25) is 5.02 Å². The van der Waals surface area contributed by atoms with Crippen molar-refractivity contribution in [3.05, 3.63) is 46.5 Å². The molecule has 0 radical (unpaired) electrons. The normalized spacial score (nSPS) is 16.2. The molecule has 0 aliphatic carbocycles. The molecule has 1 fully saturated rings. The molecule has 3 rings (SSSR count). The summed E-state index contributed by atoms with van der Waals surface area (Å²) in [6, 6.07) is 9.02. The van der Waals surface area contributed by atoms with Crippen LogP contribution in [0.4, 0.5) is 11.4 Å². The molecule has 0 bridgehead atoms. The second kappa shape index (κ2) is 8.10. The second-order valence-electron chi connectivity index (χ2n) is 6.80. The number of nitrogens with zero attached hydrogens (tertiary/aromatic N) is 1. The smallest absolute Gasteiger partial charge is 0.229 e. The molecule has 1 saturated heterocycles. The number of hydrogen-bond donors (Lipinski definition) is 1. The van der Waals surface area contributed by atoms with Gasteiger partial charge in [-0.25, -0.2) is 0 Å². The van der Waals surface area contributed by atoms with E-state index in [1.54, 1.807) is 17.0 Å². The summed E-state index contributed by atoms with van der Waals surface area (Å²) in [5.74, 6) is 0.0873. The van der Waals surface area contributed by atoms with Crippen molar-refractivity contribution in [3.8, 4) is 11.5 Å². The highest BCUT2D eigenvalue weighted by Gasteiger charge is 2.36. The predicted octanol–water partition coefficient (Wildman–Crippen LogP) is 3.97. The van der Waals surface area contributed by atoms with Crippen LogP contribution in [0.3, 0.4) is 0 Å². The first-order valence-electron chi connectivity index (χ1n) is 8.94. The fraction of sp³-hybridized carbons (Fsp3) is 0.333. The molecule has 0 spiro atoms. The van der Waals surface area contributed by atoms with Crippen LogP contribution in [0, 0.1) is 19.8 Å². The van der Waals surface area contributed by atoms with Crippen LogP contribution in [0.5, 0.6) is 11.5 Å². The molecule has 2 amide bonds. The van der Waals surface area contributed by atoms with Gasteiger partial charge in [0, 0.05) is 30.8 Å². The monoisotopic (exact) mass is 402 g/mol. The molecule has 2 aromatic carbocycles. The zero-order valence-electron chi connectivity index (χ0n) is 16.3. The number of rotatable bonds is 5. The van der Waals surface area contributed by atoms with Crippen LogP contribution in [0.1, 0.15) is 17.5 Å². The minimum absolute atomic E-state index is 0.0606. The number of benzene rings is 2. The van der Waals surface area contributed by atoms with E-state index >= 15 is 0 Å². The first kappa shape index (κ1) is 20.0. The summed E-state index contributed by atoms with van der Waals surface area (Å²) < 4.78 is 10.5. The molecule has 6 nitrogen and oxygen atoms in total. The number of aryl methyl sites for hydroxylation is 1. The van der Waals surface area contributed by atoms with Crippen LogP contribution in [0.25, 0.3) is 0 Å². The summed E-state index contributed by atoms with van der Waals surface area (Å²) in [5.41, 5.74) is 3.45. The van der Waals surface area contributed by atoms with E-state index < -0.39 is 5.92 Å². The minimum Gasteiger partial charge on any atom is -0.495 e. The van der Waals surface area contributed by atoms with Gasteiger partial charge in [-0.3, -0.25) is 9.59 Å². The molecular weight excluding hydrogens is 380 g/mol. The van der Waals surface area contributed by atoms with E-state index in [1.807, 2.05) is 32.0 Å². The minimum atomic E-state index is -0.459. The molecule has 148 valence electrons. The number of nitrogens with one attached hydrogen (secondary N) is 1. The highest BCUT2D eigenvalue weighted by atomic mass is 35.5. The van der Waals surface area contributed by atoms with Crippen molar-refractivity contribution in [2.75, 3.05) is 31.0 Å². The Kier molecular flexibility index (Phi) is 5.79. The van der Waals surface area contributed by atoms with E-state index in [4.69, 9.17) is 21.1 Å². The summed E-state index contributed by atoms with van der Waals surface area (Å²) in [7, 11) is 2.99. The van der Waals surface area contributed by atoms with Crippen LogP contribution in [-0.2, 0) is 9.59 Å².